The van der Waals surface area contributed by atoms with E-state index in [1.165, 1.54) is 6.07 Å². The van der Waals surface area contributed by atoms with Gasteiger partial charge in [0.25, 0.3) is 0 Å². The van der Waals surface area contributed by atoms with Crippen molar-refractivity contribution in [2.45, 2.75) is 25.9 Å². The first-order valence-corrected chi connectivity index (χ1v) is 10.3. The lowest BCUT2D eigenvalue weighted by molar-refractivity contribution is -0.384. The molecule has 1 fully saturated rings. The number of anilines is 3. The van der Waals surface area contributed by atoms with Crippen molar-refractivity contribution in [3.63, 3.8) is 0 Å². The molecule has 2 aromatic heterocycles. The molecule has 1 aromatic carbocycles. The van der Waals surface area contributed by atoms with Crippen molar-refractivity contribution in [1.29, 1.82) is 0 Å². The van der Waals surface area contributed by atoms with Crippen molar-refractivity contribution in [3.8, 4) is 11.3 Å². The largest absolute Gasteiger partial charge is 0.393 e. The zero-order valence-corrected chi connectivity index (χ0v) is 16.7. The number of nitrogens with one attached hydrogen (secondary N) is 1. The molecule has 0 aliphatic carbocycles. The van der Waals surface area contributed by atoms with Gasteiger partial charge in [0.1, 0.15) is 5.82 Å². The van der Waals surface area contributed by atoms with Crippen molar-refractivity contribution >= 4 is 34.3 Å². The number of piperidine rings is 1. The molecule has 1 saturated heterocycles. The second-order valence-electron chi connectivity index (χ2n) is 6.97. The van der Waals surface area contributed by atoms with Crippen LogP contribution in [-0.4, -0.2) is 39.2 Å². The minimum atomic E-state index is -0.439. The van der Waals surface area contributed by atoms with Gasteiger partial charge in [0.15, 0.2) is 0 Å². The first-order chi connectivity index (χ1) is 14.0. The van der Waals surface area contributed by atoms with Crippen LogP contribution in [0.25, 0.3) is 11.3 Å². The van der Waals surface area contributed by atoms with E-state index in [9.17, 15) is 15.2 Å². The summed E-state index contributed by atoms with van der Waals surface area (Å²) in [6.07, 6.45) is 1.04. The van der Waals surface area contributed by atoms with Crippen molar-refractivity contribution in [2.75, 3.05) is 23.3 Å². The SMILES string of the molecule is Cc1nc(-c2ccc(Nc3nc(N4CCC(O)CC4)ccc3[N+](=O)[O-])cc2)cs1. The molecule has 0 spiro atoms. The van der Waals surface area contributed by atoms with Crippen LogP contribution in [0, 0.1) is 17.0 Å². The number of pyridine rings is 1. The maximum absolute atomic E-state index is 11.5. The Hall–Kier alpha value is -3.04. The molecule has 9 heteroatoms. The van der Waals surface area contributed by atoms with Crippen LogP contribution in [0.4, 0.5) is 23.0 Å². The van der Waals surface area contributed by atoms with Gasteiger partial charge in [-0.3, -0.25) is 10.1 Å². The fraction of sp³-hybridized carbons (Fsp3) is 0.300. The Kier molecular flexibility index (Phi) is 5.41. The highest BCUT2D eigenvalue weighted by atomic mass is 32.1. The Morgan fingerprint density at radius 1 is 1.17 bits per heavy atom. The molecule has 0 bridgehead atoms. The monoisotopic (exact) mass is 411 g/mol. The Morgan fingerprint density at radius 2 is 1.90 bits per heavy atom. The molecule has 3 heterocycles. The van der Waals surface area contributed by atoms with Gasteiger partial charge in [-0.15, -0.1) is 11.3 Å². The van der Waals surface area contributed by atoms with E-state index in [-0.39, 0.29) is 17.6 Å². The fourth-order valence-corrected chi connectivity index (χ4v) is 3.93. The summed E-state index contributed by atoms with van der Waals surface area (Å²) in [5.41, 5.74) is 2.54. The lowest BCUT2D eigenvalue weighted by Crippen LogP contribution is -2.36. The van der Waals surface area contributed by atoms with Crippen LogP contribution < -0.4 is 10.2 Å². The topological polar surface area (TPSA) is 104 Å². The molecule has 0 unspecified atom stereocenters. The lowest BCUT2D eigenvalue weighted by atomic mass is 10.1. The molecule has 1 aliphatic heterocycles. The van der Waals surface area contributed by atoms with Gasteiger partial charge in [-0.2, -0.15) is 0 Å². The number of aliphatic hydroxyl groups excluding tert-OH is 1. The van der Waals surface area contributed by atoms with Crippen LogP contribution in [0.2, 0.25) is 0 Å². The Bertz CT molecular complexity index is 1010. The van der Waals surface area contributed by atoms with E-state index in [2.05, 4.69) is 15.3 Å². The summed E-state index contributed by atoms with van der Waals surface area (Å²) in [7, 11) is 0. The molecule has 150 valence electrons. The number of nitrogens with zero attached hydrogens (tertiary/aromatic N) is 4. The summed E-state index contributed by atoms with van der Waals surface area (Å²) in [5, 5.41) is 27.2. The van der Waals surface area contributed by atoms with Gasteiger partial charge in [0, 0.05) is 35.8 Å². The van der Waals surface area contributed by atoms with E-state index in [4.69, 9.17) is 0 Å². The van der Waals surface area contributed by atoms with Crippen molar-refractivity contribution in [2.24, 2.45) is 0 Å². The molecule has 8 nitrogen and oxygen atoms in total. The summed E-state index contributed by atoms with van der Waals surface area (Å²) in [5.74, 6) is 0.871. The lowest BCUT2D eigenvalue weighted by Gasteiger charge is -2.30. The molecule has 0 atom stereocenters. The third-order valence-corrected chi connectivity index (χ3v) is 5.68. The minimum Gasteiger partial charge on any atom is -0.393 e. The molecular formula is C20H21N5O3S. The van der Waals surface area contributed by atoms with Gasteiger partial charge < -0.3 is 15.3 Å². The van der Waals surface area contributed by atoms with E-state index < -0.39 is 4.92 Å². The number of aryl methyl sites for hydroxylation is 1. The zero-order valence-electron chi connectivity index (χ0n) is 15.9. The van der Waals surface area contributed by atoms with Crippen molar-refractivity contribution in [1.82, 2.24) is 9.97 Å². The van der Waals surface area contributed by atoms with E-state index >= 15 is 0 Å². The Labute approximate surface area is 172 Å². The van der Waals surface area contributed by atoms with E-state index in [1.807, 2.05) is 41.5 Å². The first kappa shape index (κ1) is 19.3. The predicted molar refractivity (Wildman–Crippen MR) is 114 cm³/mol. The summed E-state index contributed by atoms with van der Waals surface area (Å²) in [4.78, 5) is 22.0. The zero-order chi connectivity index (χ0) is 20.4. The molecular weight excluding hydrogens is 390 g/mol. The molecule has 29 heavy (non-hydrogen) atoms. The minimum absolute atomic E-state index is 0.0787. The van der Waals surface area contributed by atoms with Crippen LogP contribution in [0.1, 0.15) is 17.8 Å². The van der Waals surface area contributed by atoms with Gasteiger partial charge in [-0.1, -0.05) is 12.1 Å². The predicted octanol–water partition coefficient (Wildman–Crippen LogP) is 4.13. The summed E-state index contributed by atoms with van der Waals surface area (Å²) in [6, 6.07) is 10.7. The van der Waals surface area contributed by atoms with Crippen molar-refractivity contribution in [3.05, 3.63) is 56.9 Å². The first-order valence-electron chi connectivity index (χ1n) is 9.37. The number of thiazole rings is 1. The highest BCUT2D eigenvalue weighted by Gasteiger charge is 2.22. The van der Waals surface area contributed by atoms with Gasteiger partial charge >= 0.3 is 5.69 Å². The van der Waals surface area contributed by atoms with E-state index in [1.54, 1.807) is 17.4 Å². The molecule has 2 N–H and O–H groups in total. The molecule has 1 aliphatic rings. The van der Waals surface area contributed by atoms with Gasteiger partial charge in [-0.25, -0.2) is 9.97 Å². The number of hydrogen-bond donors (Lipinski definition) is 2. The standard InChI is InChI=1S/C20H21N5O3S/c1-13-21-17(12-29-13)14-2-4-15(5-3-14)22-20-18(25(27)28)6-7-19(23-20)24-10-8-16(26)9-11-24/h2-7,12,16,26H,8-11H2,1H3,(H,22,23). The maximum atomic E-state index is 11.5. The molecule has 0 amide bonds. The second kappa shape index (κ2) is 8.14. The number of benzene rings is 1. The van der Waals surface area contributed by atoms with Gasteiger partial charge in [0.2, 0.25) is 5.82 Å². The molecule has 4 rings (SSSR count). The number of nitro groups is 1. The quantitative estimate of drug-likeness (QED) is 0.480. The average Bonchev–Trinajstić information content (AvgIpc) is 3.15. The number of rotatable bonds is 5. The molecule has 3 aromatic rings. The molecule has 0 saturated carbocycles. The number of hydrogen-bond acceptors (Lipinski definition) is 8. The summed E-state index contributed by atoms with van der Waals surface area (Å²) in [6.45, 7) is 3.31. The fourth-order valence-electron chi connectivity index (χ4n) is 3.31. The van der Waals surface area contributed by atoms with E-state index in [0.29, 0.717) is 37.4 Å². The highest BCUT2D eigenvalue weighted by Crippen LogP contribution is 2.30. The van der Waals surface area contributed by atoms with Crippen LogP contribution in [0.5, 0.6) is 0 Å². The summed E-state index contributed by atoms with van der Waals surface area (Å²) < 4.78 is 0. The summed E-state index contributed by atoms with van der Waals surface area (Å²) >= 11 is 1.59. The third-order valence-electron chi connectivity index (χ3n) is 4.91. The van der Waals surface area contributed by atoms with Crippen LogP contribution in [0.3, 0.4) is 0 Å². The van der Waals surface area contributed by atoms with Gasteiger partial charge in [0.05, 0.1) is 21.7 Å². The highest BCUT2D eigenvalue weighted by molar-refractivity contribution is 7.09. The van der Waals surface area contributed by atoms with E-state index in [0.717, 1.165) is 16.3 Å². The Morgan fingerprint density at radius 3 is 2.52 bits per heavy atom. The number of aliphatic hydroxyl groups is 1. The van der Waals surface area contributed by atoms with Crippen LogP contribution in [-0.2, 0) is 0 Å². The Balaban J connectivity index is 1.57. The third kappa shape index (κ3) is 4.36. The second-order valence-corrected chi connectivity index (χ2v) is 8.03. The van der Waals surface area contributed by atoms with Gasteiger partial charge in [-0.05, 0) is 38.0 Å². The van der Waals surface area contributed by atoms with Crippen LogP contribution in [0.15, 0.2) is 41.8 Å². The van der Waals surface area contributed by atoms with Crippen LogP contribution >= 0.6 is 11.3 Å². The number of aromatic nitrogens is 2. The molecule has 0 radical (unpaired) electrons. The smallest absolute Gasteiger partial charge is 0.311 e. The average molecular weight is 411 g/mol. The maximum Gasteiger partial charge on any atom is 0.311 e. The normalized spacial score (nSPS) is 14.8. The van der Waals surface area contributed by atoms with Crippen molar-refractivity contribution < 1.29 is 10.0 Å².